The van der Waals surface area contributed by atoms with Gasteiger partial charge in [-0.15, -0.1) is 11.8 Å². The molecule has 0 saturated heterocycles. The standard InChI is InChI=1S/C23H30FNO2S2/c1-5-7-12-23(6-2)15-25(19-10-8-18(24)9-11-19)20-14-21(28-4)17(3)13-22(20)29(26,27)16-23/h8-11,13-14H,5-7,12,15-16H2,1-4H3. The number of sulfone groups is 1. The number of nitrogens with zero attached hydrogens (tertiary/aromatic N) is 1. The number of hydrogen-bond acceptors (Lipinski definition) is 4. The van der Waals surface area contributed by atoms with Crippen LogP contribution in [0.25, 0.3) is 0 Å². The second kappa shape index (κ2) is 8.68. The summed E-state index contributed by atoms with van der Waals surface area (Å²) in [6, 6.07) is 10.2. The number of halogens is 1. The second-order valence-corrected chi connectivity index (χ2v) is 10.9. The van der Waals surface area contributed by atoms with Crippen molar-refractivity contribution in [1.82, 2.24) is 0 Å². The molecule has 0 saturated carbocycles. The van der Waals surface area contributed by atoms with E-state index >= 15 is 0 Å². The molecule has 0 spiro atoms. The lowest BCUT2D eigenvalue weighted by atomic mass is 9.81. The van der Waals surface area contributed by atoms with Crippen molar-refractivity contribution < 1.29 is 12.8 Å². The van der Waals surface area contributed by atoms with Crippen LogP contribution in [-0.4, -0.2) is 27.0 Å². The van der Waals surface area contributed by atoms with Gasteiger partial charge in [-0.05, 0) is 68.0 Å². The van der Waals surface area contributed by atoms with E-state index in [1.54, 1.807) is 23.9 Å². The molecule has 2 aromatic carbocycles. The lowest BCUT2D eigenvalue weighted by Gasteiger charge is -2.36. The van der Waals surface area contributed by atoms with Crippen molar-refractivity contribution >= 4 is 33.0 Å². The first-order valence-electron chi connectivity index (χ1n) is 10.2. The van der Waals surface area contributed by atoms with Gasteiger partial charge in [-0.25, -0.2) is 12.8 Å². The van der Waals surface area contributed by atoms with Gasteiger partial charge in [-0.2, -0.15) is 0 Å². The maximum atomic E-state index is 13.6. The van der Waals surface area contributed by atoms with E-state index in [4.69, 9.17) is 0 Å². The zero-order valence-electron chi connectivity index (χ0n) is 17.7. The molecule has 0 aromatic heterocycles. The van der Waals surface area contributed by atoms with Gasteiger partial charge in [0.25, 0.3) is 0 Å². The molecule has 1 aliphatic heterocycles. The Labute approximate surface area is 178 Å². The minimum absolute atomic E-state index is 0.152. The fourth-order valence-electron chi connectivity index (χ4n) is 4.22. The second-order valence-electron chi connectivity index (χ2n) is 8.07. The normalized spacial score (nSPS) is 20.9. The molecule has 1 atom stereocenters. The Morgan fingerprint density at radius 1 is 1.17 bits per heavy atom. The summed E-state index contributed by atoms with van der Waals surface area (Å²) in [5, 5.41) is 0. The number of anilines is 2. The fourth-order valence-corrected chi connectivity index (χ4v) is 7.08. The van der Waals surface area contributed by atoms with Crippen molar-refractivity contribution in [3.8, 4) is 0 Å². The first-order valence-corrected chi connectivity index (χ1v) is 13.1. The Kier molecular flexibility index (Phi) is 6.64. The van der Waals surface area contributed by atoms with Crippen molar-refractivity contribution in [3.05, 3.63) is 47.8 Å². The van der Waals surface area contributed by atoms with Gasteiger partial charge in [0.15, 0.2) is 9.84 Å². The smallest absolute Gasteiger partial charge is 0.181 e. The Bertz CT molecular complexity index is 973. The third-order valence-corrected chi connectivity index (χ3v) is 8.91. The number of fused-ring (bicyclic) bond motifs is 1. The molecule has 2 aromatic rings. The van der Waals surface area contributed by atoms with Crippen LogP contribution in [0, 0.1) is 18.2 Å². The molecule has 158 valence electrons. The van der Waals surface area contributed by atoms with Gasteiger partial charge in [-0.3, -0.25) is 0 Å². The summed E-state index contributed by atoms with van der Waals surface area (Å²) in [4.78, 5) is 3.55. The van der Waals surface area contributed by atoms with E-state index in [1.165, 1.54) is 12.1 Å². The molecule has 3 rings (SSSR count). The predicted octanol–water partition coefficient (Wildman–Crippen LogP) is 6.37. The predicted molar refractivity (Wildman–Crippen MR) is 121 cm³/mol. The third kappa shape index (κ3) is 4.48. The SMILES string of the molecule is CCCCC1(CC)CN(c2ccc(F)cc2)c2cc(SC)c(C)cc2S(=O)(=O)C1. The van der Waals surface area contributed by atoms with Crippen LogP contribution in [0.4, 0.5) is 15.8 Å². The van der Waals surface area contributed by atoms with E-state index in [0.29, 0.717) is 17.1 Å². The highest BCUT2D eigenvalue weighted by Crippen LogP contribution is 2.45. The van der Waals surface area contributed by atoms with Gasteiger partial charge < -0.3 is 4.90 Å². The van der Waals surface area contributed by atoms with Crippen molar-refractivity contribution in [2.24, 2.45) is 5.41 Å². The van der Waals surface area contributed by atoms with Gasteiger partial charge >= 0.3 is 0 Å². The summed E-state index contributed by atoms with van der Waals surface area (Å²) in [6.07, 6.45) is 5.67. The summed E-state index contributed by atoms with van der Waals surface area (Å²) < 4.78 is 40.6. The molecule has 1 unspecified atom stereocenters. The number of unbranched alkanes of at least 4 members (excludes halogenated alkanes) is 1. The third-order valence-electron chi connectivity index (χ3n) is 6.04. The molecule has 0 radical (unpaired) electrons. The van der Waals surface area contributed by atoms with E-state index < -0.39 is 9.84 Å². The molecule has 3 nitrogen and oxygen atoms in total. The molecule has 0 bridgehead atoms. The average molecular weight is 436 g/mol. The lowest BCUT2D eigenvalue weighted by Crippen LogP contribution is -2.37. The summed E-state index contributed by atoms with van der Waals surface area (Å²) in [5.41, 5.74) is 2.17. The number of aryl methyl sites for hydroxylation is 1. The molecule has 0 N–H and O–H groups in total. The van der Waals surface area contributed by atoms with Crippen LogP contribution in [0.15, 0.2) is 46.2 Å². The minimum Gasteiger partial charge on any atom is -0.340 e. The minimum atomic E-state index is -3.45. The topological polar surface area (TPSA) is 37.4 Å². The van der Waals surface area contributed by atoms with Crippen molar-refractivity contribution in [1.29, 1.82) is 0 Å². The van der Waals surface area contributed by atoms with E-state index in [0.717, 1.165) is 41.8 Å². The van der Waals surface area contributed by atoms with Gasteiger partial charge in [0.05, 0.1) is 16.3 Å². The van der Waals surface area contributed by atoms with Crippen LogP contribution in [0.5, 0.6) is 0 Å². The van der Waals surface area contributed by atoms with Crippen LogP contribution >= 0.6 is 11.8 Å². The molecule has 6 heteroatoms. The Morgan fingerprint density at radius 3 is 2.45 bits per heavy atom. The first kappa shape index (κ1) is 22.2. The highest BCUT2D eigenvalue weighted by Gasteiger charge is 2.41. The molecule has 0 amide bonds. The Balaban J connectivity index is 2.26. The molecular formula is C23H30FNO2S2. The molecule has 0 fully saturated rings. The largest absolute Gasteiger partial charge is 0.340 e. The monoisotopic (exact) mass is 435 g/mol. The van der Waals surface area contributed by atoms with E-state index in [1.807, 2.05) is 25.3 Å². The quantitative estimate of drug-likeness (QED) is 0.494. The Hall–Kier alpha value is -1.53. The van der Waals surface area contributed by atoms with Crippen LogP contribution in [0.2, 0.25) is 0 Å². The van der Waals surface area contributed by atoms with Crippen molar-refractivity contribution in [3.63, 3.8) is 0 Å². The van der Waals surface area contributed by atoms with Crippen molar-refractivity contribution in [2.45, 2.75) is 56.2 Å². The number of benzene rings is 2. The Morgan fingerprint density at radius 2 is 1.86 bits per heavy atom. The maximum Gasteiger partial charge on any atom is 0.181 e. The average Bonchev–Trinajstić information content (AvgIpc) is 2.79. The zero-order valence-corrected chi connectivity index (χ0v) is 19.3. The van der Waals surface area contributed by atoms with Gasteiger partial charge in [0.2, 0.25) is 0 Å². The molecular weight excluding hydrogens is 405 g/mol. The first-order chi connectivity index (χ1) is 13.7. The highest BCUT2D eigenvalue weighted by atomic mass is 32.2. The molecule has 1 aliphatic rings. The van der Waals surface area contributed by atoms with Gasteiger partial charge in [-0.1, -0.05) is 26.7 Å². The van der Waals surface area contributed by atoms with E-state index in [2.05, 4.69) is 18.7 Å². The van der Waals surface area contributed by atoms with Crippen molar-refractivity contribution in [2.75, 3.05) is 23.5 Å². The summed E-state index contributed by atoms with van der Waals surface area (Å²) in [5.74, 6) is -0.142. The lowest BCUT2D eigenvalue weighted by molar-refractivity contribution is 0.290. The highest BCUT2D eigenvalue weighted by molar-refractivity contribution is 7.98. The van der Waals surface area contributed by atoms with Crippen LogP contribution < -0.4 is 4.90 Å². The maximum absolute atomic E-state index is 13.6. The fraction of sp³-hybridized carbons (Fsp3) is 0.478. The van der Waals surface area contributed by atoms with E-state index in [9.17, 15) is 12.8 Å². The number of thioether (sulfide) groups is 1. The van der Waals surface area contributed by atoms with Crippen LogP contribution in [0.1, 0.15) is 45.1 Å². The summed E-state index contributed by atoms with van der Waals surface area (Å²) in [6.45, 7) is 6.79. The molecule has 0 aliphatic carbocycles. The number of hydrogen-bond donors (Lipinski definition) is 0. The zero-order chi connectivity index (χ0) is 21.2. The molecule has 1 heterocycles. The number of rotatable bonds is 6. The summed E-state index contributed by atoms with van der Waals surface area (Å²) >= 11 is 1.61. The van der Waals surface area contributed by atoms with Crippen LogP contribution in [-0.2, 0) is 9.84 Å². The van der Waals surface area contributed by atoms with E-state index in [-0.39, 0.29) is 17.0 Å². The van der Waals surface area contributed by atoms with Crippen LogP contribution in [0.3, 0.4) is 0 Å². The van der Waals surface area contributed by atoms with Gasteiger partial charge in [0.1, 0.15) is 5.82 Å². The molecule has 29 heavy (non-hydrogen) atoms. The van der Waals surface area contributed by atoms with Gasteiger partial charge in [0, 0.05) is 22.5 Å². The summed E-state index contributed by atoms with van der Waals surface area (Å²) in [7, 11) is -3.45.